The normalized spacial score (nSPS) is 12.8. The van der Waals surface area contributed by atoms with Crippen LogP contribution in [0.5, 0.6) is 0 Å². The van der Waals surface area contributed by atoms with E-state index in [9.17, 15) is 9.59 Å². The molecule has 3 rings (SSSR count). The topological polar surface area (TPSA) is 58.5 Å². The van der Waals surface area contributed by atoms with E-state index in [2.05, 4.69) is 10.3 Å². The van der Waals surface area contributed by atoms with Gasteiger partial charge in [0.05, 0.1) is 5.36 Å². The molecule has 0 aromatic heterocycles. The Morgan fingerprint density at radius 3 is 2.42 bits per heavy atom. The molecule has 1 aliphatic rings. The molecule has 0 saturated carbocycles. The van der Waals surface area contributed by atoms with Crippen molar-refractivity contribution in [3.8, 4) is 0 Å². The van der Waals surface area contributed by atoms with E-state index in [0.717, 1.165) is 0 Å². The number of para-hydroxylation sites is 1. The highest BCUT2D eigenvalue weighted by Gasteiger charge is 2.18. The minimum atomic E-state index is -0.412. The maximum atomic E-state index is 12.0. The zero-order chi connectivity index (χ0) is 13.2. The highest BCUT2D eigenvalue weighted by atomic mass is 16.2. The molecule has 92 valence electrons. The molecule has 0 saturated heterocycles. The van der Waals surface area contributed by atoms with Crippen molar-refractivity contribution in [3.63, 3.8) is 0 Å². The quantitative estimate of drug-likeness (QED) is 0.838. The Balaban J connectivity index is 2.00. The molecule has 4 heteroatoms. The van der Waals surface area contributed by atoms with Crippen molar-refractivity contribution in [2.24, 2.45) is 4.99 Å². The number of benzene rings is 2. The van der Waals surface area contributed by atoms with Crippen LogP contribution >= 0.6 is 0 Å². The van der Waals surface area contributed by atoms with Gasteiger partial charge in [0.25, 0.3) is 11.8 Å². The monoisotopic (exact) mass is 250 g/mol. The summed E-state index contributed by atoms with van der Waals surface area (Å²) in [6.07, 6.45) is 0. The number of fused-ring (bicyclic) bond motifs is 1. The smallest absolute Gasteiger partial charge is 0.294 e. The SMILES string of the molecule is O=C1N=c2ccccc2=C1NC(=O)c1ccccc1. The number of hydrogen-bond donors (Lipinski definition) is 1. The van der Waals surface area contributed by atoms with Crippen LogP contribution in [-0.2, 0) is 4.79 Å². The summed E-state index contributed by atoms with van der Waals surface area (Å²) in [5.74, 6) is -0.721. The summed E-state index contributed by atoms with van der Waals surface area (Å²) in [7, 11) is 0. The zero-order valence-electron chi connectivity index (χ0n) is 9.96. The van der Waals surface area contributed by atoms with Crippen molar-refractivity contribution in [2.45, 2.75) is 0 Å². The van der Waals surface area contributed by atoms with E-state index < -0.39 is 5.91 Å². The number of rotatable bonds is 2. The molecule has 0 aliphatic carbocycles. The predicted octanol–water partition coefficient (Wildman–Crippen LogP) is 0.385. The number of nitrogens with zero attached hydrogens (tertiary/aromatic N) is 1. The molecule has 0 unspecified atom stereocenters. The molecule has 2 aromatic rings. The predicted molar refractivity (Wildman–Crippen MR) is 69.5 cm³/mol. The number of carbonyl (C=O) groups excluding carboxylic acids is 2. The Morgan fingerprint density at radius 1 is 0.947 bits per heavy atom. The van der Waals surface area contributed by atoms with Crippen LogP contribution in [0.1, 0.15) is 10.4 Å². The lowest BCUT2D eigenvalue weighted by atomic mass is 10.2. The van der Waals surface area contributed by atoms with Crippen LogP contribution < -0.4 is 15.9 Å². The molecule has 0 atom stereocenters. The first-order valence-corrected chi connectivity index (χ1v) is 5.84. The zero-order valence-corrected chi connectivity index (χ0v) is 9.96. The van der Waals surface area contributed by atoms with E-state index in [4.69, 9.17) is 0 Å². The fourth-order valence-electron chi connectivity index (χ4n) is 1.96. The van der Waals surface area contributed by atoms with Crippen LogP contribution in [0, 0.1) is 0 Å². The molecule has 1 aliphatic heterocycles. The van der Waals surface area contributed by atoms with E-state index >= 15 is 0 Å². The van der Waals surface area contributed by atoms with E-state index in [1.807, 2.05) is 12.1 Å². The summed E-state index contributed by atoms with van der Waals surface area (Å²) >= 11 is 0. The highest BCUT2D eigenvalue weighted by molar-refractivity contribution is 6.19. The number of hydrogen-bond acceptors (Lipinski definition) is 2. The second-order valence-corrected chi connectivity index (χ2v) is 4.13. The largest absolute Gasteiger partial charge is 0.317 e. The van der Waals surface area contributed by atoms with Crippen LogP contribution in [0.2, 0.25) is 0 Å². The van der Waals surface area contributed by atoms with Crippen molar-refractivity contribution in [1.82, 2.24) is 5.32 Å². The van der Waals surface area contributed by atoms with Gasteiger partial charge in [0.2, 0.25) is 0 Å². The van der Waals surface area contributed by atoms with Crippen LogP contribution in [0.15, 0.2) is 59.6 Å². The molecule has 2 aromatic carbocycles. The molecule has 0 spiro atoms. The summed E-state index contributed by atoms with van der Waals surface area (Å²) in [5.41, 5.74) is 0.747. The molecule has 1 heterocycles. The molecular formula is C15H10N2O2. The second-order valence-electron chi connectivity index (χ2n) is 4.13. The van der Waals surface area contributed by atoms with Gasteiger partial charge in [-0.05, 0) is 18.2 Å². The van der Waals surface area contributed by atoms with Crippen molar-refractivity contribution in [1.29, 1.82) is 0 Å². The van der Waals surface area contributed by atoms with Gasteiger partial charge >= 0.3 is 0 Å². The first kappa shape index (κ1) is 11.3. The molecule has 1 N–H and O–H groups in total. The van der Waals surface area contributed by atoms with Gasteiger partial charge in [-0.1, -0.05) is 36.4 Å². The number of nitrogens with one attached hydrogen (secondary N) is 1. The average molecular weight is 250 g/mol. The maximum absolute atomic E-state index is 12.0. The van der Waals surface area contributed by atoms with Gasteiger partial charge in [0.1, 0.15) is 5.70 Å². The van der Waals surface area contributed by atoms with Crippen molar-refractivity contribution < 1.29 is 9.59 Å². The lowest BCUT2D eigenvalue weighted by Crippen LogP contribution is -2.32. The van der Waals surface area contributed by atoms with E-state index in [1.54, 1.807) is 42.5 Å². The van der Waals surface area contributed by atoms with Gasteiger partial charge < -0.3 is 5.32 Å². The van der Waals surface area contributed by atoms with Crippen LogP contribution in [-0.4, -0.2) is 11.8 Å². The molecule has 2 amide bonds. The van der Waals surface area contributed by atoms with Gasteiger partial charge in [-0.25, -0.2) is 4.99 Å². The number of amides is 2. The summed E-state index contributed by atoms with van der Waals surface area (Å²) in [5, 5.41) is 3.89. The minimum Gasteiger partial charge on any atom is -0.317 e. The van der Waals surface area contributed by atoms with Gasteiger partial charge in [-0.3, -0.25) is 9.59 Å². The van der Waals surface area contributed by atoms with Gasteiger partial charge in [-0.15, -0.1) is 0 Å². The summed E-state index contributed by atoms with van der Waals surface area (Å²) in [6.45, 7) is 0. The third-order valence-electron chi connectivity index (χ3n) is 2.88. The number of carbonyl (C=O) groups is 2. The summed E-state index contributed by atoms with van der Waals surface area (Å²) < 4.78 is 0. The molecule has 0 radical (unpaired) electrons. The Hall–Kier alpha value is -2.75. The van der Waals surface area contributed by atoms with E-state index in [1.165, 1.54) is 0 Å². The van der Waals surface area contributed by atoms with Crippen LogP contribution in [0.25, 0.3) is 5.70 Å². The fourth-order valence-corrected chi connectivity index (χ4v) is 1.96. The van der Waals surface area contributed by atoms with Gasteiger partial charge in [0.15, 0.2) is 0 Å². The molecular weight excluding hydrogens is 240 g/mol. The lowest BCUT2D eigenvalue weighted by Gasteiger charge is -2.04. The lowest BCUT2D eigenvalue weighted by molar-refractivity contribution is -0.112. The van der Waals surface area contributed by atoms with Gasteiger partial charge in [-0.2, -0.15) is 0 Å². The first-order valence-electron chi connectivity index (χ1n) is 5.84. The van der Waals surface area contributed by atoms with Crippen molar-refractivity contribution in [2.75, 3.05) is 0 Å². The Bertz CT molecular complexity index is 779. The Morgan fingerprint density at radius 2 is 1.63 bits per heavy atom. The third-order valence-corrected chi connectivity index (χ3v) is 2.88. The summed E-state index contributed by atoms with van der Waals surface area (Å²) in [6, 6.07) is 15.9. The summed E-state index contributed by atoms with van der Waals surface area (Å²) in [4.78, 5) is 27.7. The molecule has 4 nitrogen and oxygen atoms in total. The first-order chi connectivity index (χ1) is 9.25. The van der Waals surface area contributed by atoms with Crippen molar-refractivity contribution in [3.05, 3.63) is 70.7 Å². The maximum Gasteiger partial charge on any atom is 0.294 e. The standard InChI is InChI=1S/C15H10N2O2/c18-14(10-6-2-1-3-7-10)17-13-11-8-4-5-9-12(11)16-15(13)19/h1-9H,(H,16,17,18,19). The Kier molecular flexibility index (Phi) is 2.68. The van der Waals surface area contributed by atoms with Crippen LogP contribution in [0.4, 0.5) is 0 Å². The van der Waals surface area contributed by atoms with E-state index in [0.29, 0.717) is 16.1 Å². The minimum absolute atomic E-state index is 0.240. The average Bonchev–Trinajstić information content (AvgIpc) is 2.76. The van der Waals surface area contributed by atoms with Crippen molar-refractivity contribution >= 4 is 17.5 Å². The van der Waals surface area contributed by atoms with Crippen LogP contribution in [0.3, 0.4) is 0 Å². The second kappa shape index (κ2) is 4.49. The highest BCUT2D eigenvalue weighted by Crippen LogP contribution is 2.02. The Labute approximate surface area is 109 Å². The fraction of sp³-hybridized carbons (Fsp3) is 0. The van der Waals surface area contributed by atoms with E-state index in [-0.39, 0.29) is 11.6 Å². The molecule has 0 bridgehead atoms. The third kappa shape index (κ3) is 2.04. The van der Waals surface area contributed by atoms with Gasteiger partial charge in [0, 0.05) is 10.8 Å². The molecule has 0 fully saturated rings. The molecule has 19 heavy (non-hydrogen) atoms.